The first-order valence-corrected chi connectivity index (χ1v) is 3.81. The van der Waals surface area contributed by atoms with E-state index in [9.17, 15) is 4.79 Å². The molecular weight excluding hydrogens is 158 g/mol. The lowest BCUT2D eigenvalue weighted by molar-refractivity contribution is -0.137. The van der Waals surface area contributed by atoms with Crippen molar-refractivity contribution in [3.8, 4) is 0 Å². The number of carboxylic acid groups (broad SMARTS) is 1. The van der Waals surface area contributed by atoms with Gasteiger partial charge >= 0.3 is 5.97 Å². The molecule has 0 aliphatic carbocycles. The largest absolute Gasteiger partial charge is 0.481 e. The minimum Gasteiger partial charge on any atom is -0.481 e. The van der Waals surface area contributed by atoms with Crippen LogP contribution in [0.5, 0.6) is 0 Å². The lowest BCUT2D eigenvalue weighted by Gasteiger charge is -2.15. The number of aliphatic carboxylic acids is 1. The molecule has 0 fully saturated rings. The van der Waals surface area contributed by atoms with Gasteiger partial charge in [-0.1, -0.05) is 0 Å². The van der Waals surface area contributed by atoms with Crippen LogP contribution < -0.4 is 5.73 Å². The molecular formula is C7H15N3O2. The lowest BCUT2D eigenvalue weighted by Crippen LogP contribution is -2.33. The number of nitrogens with zero attached hydrogens (tertiary/aromatic N) is 1. The van der Waals surface area contributed by atoms with Crippen LogP contribution in [-0.4, -0.2) is 35.5 Å². The van der Waals surface area contributed by atoms with Gasteiger partial charge in [0.2, 0.25) is 0 Å². The van der Waals surface area contributed by atoms with Crippen LogP contribution in [-0.2, 0) is 4.79 Å². The molecule has 0 saturated heterocycles. The van der Waals surface area contributed by atoms with Gasteiger partial charge in [0.25, 0.3) is 0 Å². The molecule has 0 amide bonds. The Labute approximate surface area is 71.7 Å². The quantitative estimate of drug-likeness (QED) is 0.311. The zero-order valence-corrected chi connectivity index (χ0v) is 7.21. The Hall–Kier alpha value is -1.26. The monoisotopic (exact) mass is 173 g/mol. The minimum atomic E-state index is -0.777. The van der Waals surface area contributed by atoms with Crippen molar-refractivity contribution in [1.29, 1.82) is 5.41 Å². The average molecular weight is 173 g/mol. The van der Waals surface area contributed by atoms with Crippen molar-refractivity contribution in [2.24, 2.45) is 5.73 Å². The highest BCUT2D eigenvalue weighted by atomic mass is 16.4. The summed E-state index contributed by atoms with van der Waals surface area (Å²) in [4.78, 5) is 11.7. The van der Waals surface area contributed by atoms with E-state index >= 15 is 0 Å². The van der Waals surface area contributed by atoms with Crippen LogP contribution in [0.1, 0.15) is 19.3 Å². The number of carboxylic acids is 1. The number of hydrogen-bond acceptors (Lipinski definition) is 2. The summed E-state index contributed by atoms with van der Waals surface area (Å²) in [6.45, 7) is 0.641. The summed E-state index contributed by atoms with van der Waals surface area (Å²) in [7, 11) is 1.71. The summed E-state index contributed by atoms with van der Waals surface area (Å²) >= 11 is 0. The topological polar surface area (TPSA) is 90.4 Å². The molecule has 4 N–H and O–H groups in total. The van der Waals surface area contributed by atoms with Crippen molar-refractivity contribution in [3.05, 3.63) is 0 Å². The number of nitrogens with one attached hydrogen (secondary N) is 1. The molecule has 12 heavy (non-hydrogen) atoms. The van der Waals surface area contributed by atoms with Gasteiger partial charge in [-0.15, -0.1) is 0 Å². The summed E-state index contributed by atoms with van der Waals surface area (Å²) < 4.78 is 0. The van der Waals surface area contributed by atoms with E-state index in [0.717, 1.165) is 6.42 Å². The summed E-state index contributed by atoms with van der Waals surface area (Å²) in [5.74, 6) is -0.759. The number of rotatable bonds is 5. The first kappa shape index (κ1) is 10.7. The Bertz CT molecular complexity index is 170. The van der Waals surface area contributed by atoms with Gasteiger partial charge in [0, 0.05) is 20.0 Å². The summed E-state index contributed by atoms with van der Waals surface area (Å²) in [6, 6.07) is 0. The molecule has 0 radical (unpaired) electrons. The van der Waals surface area contributed by atoms with E-state index in [0.29, 0.717) is 13.0 Å². The Morgan fingerprint density at radius 3 is 2.58 bits per heavy atom. The maximum absolute atomic E-state index is 10.1. The molecule has 70 valence electrons. The van der Waals surface area contributed by atoms with Crippen LogP contribution in [0.15, 0.2) is 0 Å². The van der Waals surface area contributed by atoms with Gasteiger partial charge in [-0.3, -0.25) is 10.2 Å². The fraction of sp³-hybridized carbons (Fsp3) is 0.714. The fourth-order valence-electron chi connectivity index (χ4n) is 0.746. The smallest absolute Gasteiger partial charge is 0.303 e. The molecule has 5 nitrogen and oxygen atoms in total. The molecule has 0 atom stereocenters. The van der Waals surface area contributed by atoms with E-state index in [1.54, 1.807) is 11.9 Å². The summed E-state index contributed by atoms with van der Waals surface area (Å²) in [5, 5.41) is 15.3. The van der Waals surface area contributed by atoms with Gasteiger partial charge in [0.15, 0.2) is 5.96 Å². The van der Waals surface area contributed by atoms with Crippen molar-refractivity contribution in [2.75, 3.05) is 13.6 Å². The maximum Gasteiger partial charge on any atom is 0.303 e. The highest BCUT2D eigenvalue weighted by Crippen LogP contribution is 1.96. The third-order valence-corrected chi connectivity index (χ3v) is 1.55. The van der Waals surface area contributed by atoms with Crippen LogP contribution in [0, 0.1) is 5.41 Å². The molecule has 0 aromatic heterocycles. The highest BCUT2D eigenvalue weighted by molar-refractivity contribution is 5.74. The number of hydrogen-bond donors (Lipinski definition) is 3. The first-order valence-electron chi connectivity index (χ1n) is 3.81. The molecule has 0 rings (SSSR count). The molecule has 5 heteroatoms. The zero-order chi connectivity index (χ0) is 9.56. The molecule has 0 aliphatic rings. The van der Waals surface area contributed by atoms with E-state index in [-0.39, 0.29) is 12.4 Å². The molecule has 0 aromatic rings. The third-order valence-electron chi connectivity index (χ3n) is 1.55. The fourth-order valence-corrected chi connectivity index (χ4v) is 0.746. The van der Waals surface area contributed by atoms with Crippen LogP contribution in [0.25, 0.3) is 0 Å². The predicted octanol–water partition coefficient (Wildman–Crippen LogP) is 0.0666. The highest BCUT2D eigenvalue weighted by Gasteiger charge is 2.00. The Morgan fingerprint density at radius 2 is 2.17 bits per heavy atom. The van der Waals surface area contributed by atoms with Crippen molar-refractivity contribution in [2.45, 2.75) is 19.3 Å². The zero-order valence-electron chi connectivity index (χ0n) is 7.21. The van der Waals surface area contributed by atoms with Crippen molar-refractivity contribution < 1.29 is 9.90 Å². The van der Waals surface area contributed by atoms with Gasteiger partial charge in [0.1, 0.15) is 0 Å². The van der Waals surface area contributed by atoms with E-state index < -0.39 is 5.97 Å². The third kappa shape index (κ3) is 5.52. The molecule has 0 spiro atoms. The molecule has 0 aromatic carbocycles. The summed E-state index contributed by atoms with van der Waals surface area (Å²) in [6.07, 6.45) is 1.57. The van der Waals surface area contributed by atoms with Gasteiger partial charge in [0.05, 0.1) is 0 Å². The Balaban J connectivity index is 3.31. The maximum atomic E-state index is 10.1. The number of unbranched alkanes of at least 4 members (excludes halogenated alkanes) is 1. The van der Waals surface area contributed by atoms with Gasteiger partial charge < -0.3 is 15.7 Å². The van der Waals surface area contributed by atoms with E-state index in [2.05, 4.69) is 0 Å². The molecule has 0 saturated carbocycles. The van der Waals surface area contributed by atoms with Crippen molar-refractivity contribution in [3.63, 3.8) is 0 Å². The molecule has 0 bridgehead atoms. The van der Waals surface area contributed by atoms with E-state index in [4.69, 9.17) is 16.2 Å². The molecule has 0 aliphatic heterocycles. The predicted molar refractivity (Wildman–Crippen MR) is 46.0 cm³/mol. The average Bonchev–Trinajstić information content (AvgIpc) is 1.97. The van der Waals surface area contributed by atoms with E-state index in [1.165, 1.54) is 0 Å². The van der Waals surface area contributed by atoms with Gasteiger partial charge in [-0.2, -0.15) is 0 Å². The standard InChI is InChI=1S/C7H15N3O2/c1-10(7(8)9)5-3-2-4-6(11)12/h2-5H2,1H3,(H3,8,9)(H,11,12). The molecule has 0 heterocycles. The Morgan fingerprint density at radius 1 is 1.58 bits per heavy atom. The van der Waals surface area contributed by atoms with Crippen LogP contribution in [0.3, 0.4) is 0 Å². The lowest BCUT2D eigenvalue weighted by atomic mass is 10.2. The first-order chi connectivity index (χ1) is 5.54. The van der Waals surface area contributed by atoms with Crippen molar-refractivity contribution >= 4 is 11.9 Å². The number of carbonyl (C=O) groups is 1. The summed E-state index contributed by atoms with van der Waals surface area (Å²) in [5.41, 5.74) is 5.17. The minimum absolute atomic E-state index is 0.0188. The van der Waals surface area contributed by atoms with Gasteiger partial charge in [-0.25, -0.2) is 0 Å². The number of guanidine groups is 1. The second-order valence-electron chi connectivity index (χ2n) is 2.66. The van der Waals surface area contributed by atoms with Crippen molar-refractivity contribution in [1.82, 2.24) is 4.90 Å². The second kappa shape index (κ2) is 5.40. The van der Waals surface area contributed by atoms with E-state index in [1.807, 2.05) is 0 Å². The van der Waals surface area contributed by atoms with Gasteiger partial charge in [-0.05, 0) is 12.8 Å². The van der Waals surface area contributed by atoms with Crippen LogP contribution >= 0.6 is 0 Å². The van der Waals surface area contributed by atoms with Crippen LogP contribution in [0.2, 0.25) is 0 Å². The number of nitrogens with two attached hydrogens (primary N) is 1. The normalized spacial score (nSPS) is 9.42. The molecule has 0 unspecified atom stereocenters. The Kier molecular flexibility index (Phi) is 4.83. The SMILES string of the molecule is CN(CCCCC(=O)O)C(=N)N. The van der Waals surface area contributed by atoms with Crippen LogP contribution in [0.4, 0.5) is 0 Å². The second-order valence-corrected chi connectivity index (χ2v) is 2.66.